The van der Waals surface area contributed by atoms with E-state index in [4.69, 9.17) is 4.74 Å². The number of ether oxygens (including phenoxy) is 1. The summed E-state index contributed by atoms with van der Waals surface area (Å²) in [5, 5.41) is 2.11. The van der Waals surface area contributed by atoms with E-state index < -0.39 is 0 Å². The van der Waals surface area contributed by atoms with E-state index >= 15 is 0 Å². The topological polar surface area (TPSA) is 46.6 Å². The Morgan fingerprint density at radius 1 is 1.14 bits per heavy atom. The number of likely N-dealkylation sites (tertiary alicyclic amines) is 1. The molecule has 0 aliphatic carbocycles. The summed E-state index contributed by atoms with van der Waals surface area (Å²) in [4.78, 5) is 24.9. The zero-order chi connectivity index (χ0) is 15.0. The summed E-state index contributed by atoms with van der Waals surface area (Å²) in [6, 6.07) is 11.8. The van der Waals surface area contributed by atoms with Crippen LogP contribution in [-0.4, -0.2) is 30.4 Å². The lowest BCUT2D eigenvalue weighted by Gasteiger charge is -2.11. The molecule has 21 heavy (non-hydrogen) atoms. The lowest BCUT2D eigenvalue weighted by atomic mass is 9.95. The number of carbonyl (C=O) groups excluding carboxylic acids is 2. The molecule has 1 unspecified atom stereocenters. The van der Waals surface area contributed by atoms with Gasteiger partial charge in [-0.3, -0.25) is 14.5 Å². The quantitative estimate of drug-likeness (QED) is 0.814. The number of nitrogens with zero attached hydrogens (tertiary/aromatic N) is 1. The zero-order valence-electron chi connectivity index (χ0n) is 12.1. The van der Waals surface area contributed by atoms with Gasteiger partial charge in [0.25, 0.3) is 0 Å². The summed E-state index contributed by atoms with van der Waals surface area (Å²) in [5.41, 5.74) is 0.898. The molecular weight excluding hydrogens is 266 g/mol. The maximum absolute atomic E-state index is 12.1. The van der Waals surface area contributed by atoms with Crippen molar-refractivity contribution in [3.63, 3.8) is 0 Å². The minimum absolute atomic E-state index is 0.114. The maximum atomic E-state index is 12.1. The van der Waals surface area contributed by atoms with Crippen molar-refractivity contribution in [2.75, 3.05) is 13.7 Å². The average Bonchev–Trinajstić information content (AvgIpc) is 2.75. The van der Waals surface area contributed by atoms with Crippen LogP contribution in [0, 0.1) is 0 Å². The van der Waals surface area contributed by atoms with Gasteiger partial charge in [0.15, 0.2) is 0 Å². The van der Waals surface area contributed by atoms with Crippen LogP contribution in [-0.2, 0) is 9.59 Å². The predicted molar refractivity (Wildman–Crippen MR) is 80.3 cm³/mol. The summed E-state index contributed by atoms with van der Waals surface area (Å²) >= 11 is 0. The third-order valence-corrected chi connectivity index (χ3v) is 3.93. The van der Waals surface area contributed by atoms with Crippen molar-refractivity contribution >= 4 is 22.6 Å². The van der Waals surface area contributed by atoms with Gasteiger partial charge in [-0.05, 0) is 35.4 Å². The second-order valence-electron chi connectivity index (χ2n) is 5.25. The van der Waals surface area contributed by atoms with Crippen LogP contribution < -0.4 is 4.74 Å². The van der Waals surface area contributed by atoms with Gasteiger partial charge in [0.05, 0.1) is 12.5 Å². The largest absolute Gasteiger partial charge is 0.494 e. The average molecular weight is 283 g/mol. The fraction of sp³-hybridized carbons (Fsp3) is 0.294. The van der Waals surface area contributed by atoms with Gasteiger partial charge in [0, 0.05) is 13.5 Å². The number of hydrogen-bond acceptors (Lipinski definition) is 3. The van der Waals surface area contributed by atoms with Crippen molar-refractivity contribution in [2.24, 2.45) is 0 Å². The Labute approximate surface area is 123 Å². The van der Waals surface area contributed by atoms with E-state index in [-0.39, 0.29) is 24.2 Å². The zero-order valence-corrected chi connectivity index (χ0v) is 12.1. The number of imide groups is 1. The first-order valence-corrected chi connectivity index (χ1v) is 7.07. The van der Waals surface area contributed by atoms with Crippen LogP contribution in [0.1, 0.15) is 24.8 Å². The normalized spacial score (nSPS) is 18.6. The molecule has 1 heterocycles. The molecule has 1 fully saturated rings. The molecule has 0 radical (unpaired) electrons. The van der Waals surface area contributed by atoms with Gasteiger partial charge in [-0.25, -0.2) is 0 Å². The molecule has 1 saturated heterocycles. The fourth-order valence-electron chi connectivity index (χ4n) is 2.73. The minimum Gasteiger partial charge on any atom is -0.494 e. The van der Waals surface area contributed by atoms with E-state index in [0.29, 0.717) is 6.61 Å². The molecule has 2 aromatic rings. The first-order chi connectivity index (χ1) is 10.1. The Morgan fingerprint density at radius 3 is 2.52 bits per heavy atom. The van der Waals surface area contributed by atoms with Crippen LogP contribution in [0.4, 0.5) is 0 Å². The second kappa shape index (κ2) is 5.20. The van der Waals surface area contributed by atoms with Crippen LogP contribution in [0.25, 0.3) is 10.8 Å². The molecule has 0 spiro atoms. The maximum Gasteiger partial charge on any atom is 0.236 e. The first kappa shape index (κ1) is 13.6. The summed E-state index contributed by atoms with van der Waals surface area (Å²) < 4.78 is 5.48. The molecule has 2 aromatic carbocycles. The van der Waals surface area contributed by atoms with Crippen LogP contribution in [0.5, 0.6) is 5.75 Å². The third kappa shape index (κ3) is 2.37. The standard InChI is InChI=1S/C17H17NO3/c1-3-21-14-7-6-11-8-13(5-4-12(11)9-14)15-10-16(19)18(2)17(15)20/h4-9,15H,3,10H2,1-2H3. The Morgan fingerprint density at radius 2 is 1.86 bits per heavy atom. The summed E-state index contributed by atoms with van der Waals surface area (Å²) in [6.07, 6.45) is 0.262. The molecular formula is C17H17NO3. The lowest BCUT2D eigenvalue weighted by Crippen LogP contribution is -2.25. The van der Waals surface area contributed by atoms with Gasteiger partial charge in [0.2, 0.25) is 11.8 Å². The van der Waals surface area contributed by atoms with Crippen molar-refractivity contribution in [2.45, 2.75) is 19.3 Å². The highest BCUT2D eigenvalue weighted by Gasteiger charge is 2.36. The van der Waals surface area contributed by atoms with Crippen molar-refractivity contribution < 1.29 is 14.3 Å². The van der Waals surface area contributed by atoms with E-state index in [1.54, 1.807) is 7.05 Å². The highest BCUT2D eigenvalue weighted by atomic mass is 16.5. The molecule has 1 aliphatic heterocycles. The number of fused-ring (bicyclic) bond motifs is 1. The van der Waals surface area contributed by atoms with Gasteiger partial charge >= 0.3 is 0 Å². The molecule has 2 amide bonds. The van der Waals surface area contributed by atoms with Gasteiger partial charge in [-0.15, -0.1) is 0 Å². The Balaban J connectivity index is 1.96. The Kier molecular flexibility index (Phi) is 3.37. The predicted octanol–water partition coefficient (Wildman–Crippen LogP) is 2.71. The van der Waals surface area contributed by atoms with Crippen molar-refractivity contribution in [1.29, 1.82) is 0 Å². The number of carbonyl (C=O) groups is 2. The van der Waals surface area contributed by atoms with Gasteiger partial charge in [-0.1, -0.05) is 24.3 Å². The van der Waals surface area contributed by atoms with E-state index in [1.165, 1.54) is 4.90 Å². The Bertz CT molecular complexity index is 723. The molecule has 0 saturated carbocycles. The molecule has 0 N–H and O–H groups in total. The van der Waals surface area contributed by atoms with Gasteiger partial charge in [-0.2, -0.15) is 0 Å². The van der Waals surface area contributed by atoms with Gasteiger partial charge in [0.1, 0.15) is 5.75 Å². The number of rotatable bonds is 3. The number of likely N-dealkylation sites (N-methyl/N-ethyl adjacent to an activating group) is 1. The van der Waals surface area contributed by atoms with Crippen molar-refractivity contribution in [3.05, 3.63) is 42.0 Å². The number of amides is 2. The van der Waals surface area contributed by atoms with Crippen LogP contribution in [0.15, 0.2) is 36.4 Å². The number of benzene rings is 2. The third-order valence-electron chi connectivity index (χ3n) is 3.93. The minimum atomic E-state index is -0.349. The van der Waals surface area contributed by atoms with Crippen LogP contribution in [0.3, 0.4) is 0 Å². The van der Waals surface area contributed by atoms with E-state index in [0.717, 1.165) is 22.1 Å². The second-order valence-corrected chi connectivity index (χ2v) is 5.25. The monoisotopic (exact) mass is 283 g/mol. The van der Waals surface area contributed by atoms with Gasteiger partial charge < -0.3 is 4.74 Å². The molecule has 3 rings (SSSR count). The Hall–Kier alpha value is -2.36. The first-order valence-electron chi connectivity index (χ1n) is 7.07. The van der Waals surface area contributed by atoms with E-state index in [9.17, 15) is 9.59 Å². The smallest absolute Gasteiger partial charge is 0.236 e. The van der Waals surface area contributed by atoms with Crippen LogP contribution >= 0.6 is 0 Å². The molecule has 1 atom stereocenters. The molecule has 108 valence electrons. The van der Waals surface area contributed by atoms with E-state index in [1.807, 2.05) is 43.3 Å². The fourth-order valence-corrected chi connectivity index (χ4v) is 2.73. The van der Waals surface area contributed by atoms with Crippen LogP contribution in [0.2, 0.25) is 0 Å². The van der Waals surface area contributed by atoms with Crippen molar-refractivity contribution in [3.8, 4) is 5.75 Å². The molecule has 1 aliphatic rings. The highest BCUT2D eigenvalue weighted by molar-refractivity contribution is 6.06. The number of hydrogen-bond donors (Lipinski definition) is 0. The summed E-state index contributed by atoms with van der Waals surface area (Å²) in [5.74, 6) is 0.255. The molecule has 0 aromatic heterocycles. The molecule has 0 bridgehead atoms. The summed E-state index contributed by atoms with van der Waals surface area (Å²) in [7, 11) is 1.54. The molecule has 4 nitrogen and oxygen atoms in total. The highest BCUT2D eigenvalue weighted by Crippen LogP contribution is 2.31. The van der Waals surface area contributed by atoms with E-state index in [2.05, 4.69) is 0 Å². The lowest BCUT2D eigenvalue weighted by molar-refractivity contribution is -0.137. The summed E-state index contributed by atoms with van der Waals surface area (Å²) in [6.45, 7) is 2.58. The van der Waals surface area contributed by atoms with Crippen molar-refractivity contribution in [1.82, 2.24) is 4.90 Å². The SMILES string of the molecule is CCOc1ccc2cc(C3CC(=O)N(C)C3=O)ccc2c1. The molecule has 4 heteroatoms.